The first-order valence-corrected chi connectivity index (χ1v) is 6.27. The van der Waals surface area contributed by atoms with E-state index in [2.05, 4.69) is 10.3 Å². The molecule has 2 aromatic rings. The Morgan fingerprint density at radius 1 is 1.23 bits per heavy atom. The van der Waals surface area contributed by atoms with E-state index in [1.54, 1.807) is 36.5 Å². The Morgan fingerprint density at radius 3 is 2.64 bits per heavy atom. The van der Waals surface area contributed by atoms with Crippen LogP contribution in [0.15, 0.2) is 54.4 Å². The smallest absolute Gasteiger partial charge is 0.337 e. The second-order valence-electron chi connectivity index (χ2n) is 4.26. The van der Waals surface area contributed by atoms with Crippen LogP contribution >= 0.6 is 0 Å². The molecule has 108 valence electrons. The number of hydrogen-bond donors (Lipinski definition) is 2. The van der Waals surface area contributed by atoms with Gasteiger partial charge in [-0.2, -0.15) is 5.26 Å². The molecule has 2 rings (SSSR count). The molecule has 22 heavy (non-hydrogen) atoms. The van der Waals surface area contributed by atoms with Crippen LogP contribution in [0.4, 0.5) is 5.69 Å². The lowest BCUT2D eigenvalue weighted by molar-refractivity contribution is -0.112. The van der Waals surface area contributed by atoms with Crippen molar-refractivity contribution < 1.29 is 14.7 Å². The Balaban J connectivity index is 2.27. The Hall–Kier alpha value is -3.46. The highest BCUT2D eigenvalue weighted by Gasteiger charge is 2.14. The number of para-hydroxylation sites is 1. The first-order valence-electron chi connectivity index (χ1n) is 6.27. The molecule has 0 spiro atoms. The zero-order chi connectivity index (χ0) is 15.9. The summed E-state index contributed by atoms with van der Waals surface area (Å²) in [4.78, 5) is 27.1. The fourth-order valence-corrected chi connectivity index (χ4v) is 1.74. The number of carboxylic acid groups (broad SMARTS) is 1. The number of carbonyl (C=O) groups is 2. The molecule has 6 nitrogen and oxygen atoms in total. The van der Waals surface area contributed by atoms with Crippen LogP contribution in [-0.2, 0) is 4.79 Å². The van der Waals surface area contributed by atoms with Crippen LogP contribution in [0.2, 0.25) is 0 Å². The van der Waals surface area contributed by atoms with Crippen LogP contribution in [0.25, 0.3) is 6.08 Å². The van der Waals surface area contributed by atoms with Crippen LogP contribution in [-0.4, -0.2) is 22.0 Å². The number of carbonyl (C=O) groups excluding carboxylic acids is 1. The number of carboxylic acids is 1. The summed E-state index contributed by atoms with van der Waals surface area (Å²) >= 11 is 0. The molecule has 0 fully saturated rings. The summed E-state index contributed by atoms with van der Waals surface area (Å²) < 4.78 is 0. The number of nitriles is 1. The van der Waals surface area contributed by atoms with Crippen molar-refractivity contribution >= 4 is 23.6 Å². The lowest BCUT2D eigenvalue weighted by Crippen LogP contribution is -2.16. The summed E-state index contributed by atoms with van der Waals surface area (Å²) in [5.41, 5.74) is 0.538. The van der Waals surface area contributed by atoms with Gasteiger partial charge in [0, 0.05) is 12.4 Å². The van der Waals surface area contributed by atoms with Crippen molar-refractivity contribution in [1.82, 2.24) is 4.98 Å². The summed E-state index contributed by atoms with van der Waals surface area (Å²) in [6.07, 6.45) is 4.47. The molecule has 0 bridgehead atoms. The molecule has 0 atom stereocenters. The van der Waals surface area contributed by atoms with Gasteiger partial charge in [-0.25, -0.2) is 4.79 Å². The van der Waals surface area contributed by atoms with E-state index in [0.29, 0.717) is 5.56 Å². The number of amides is 1. The lowest BCUT2D eigenvalue weighted by Gasteiger charge is -2.07. The standard InChI is InChI=1S/C16H11N3O3/c17-9-12(8-11-4-3-7-18-10-11)15(20)19-14-6-2-1-5-13(14)16(21)22/h1-8,10H,(H,19,20)(H,21,22)/b12-8-. The second-order valence-corrected chi connectivity index (χ2v) is 4.26. The molecule has 2 N–H and O–H groups in total. The first kappa shape index (κ1) is 14.9. The van der Waals surface area contributed by atoms with Crippen LogP contribution in [0.3, 0.4) is 0 Å². The third-order valence-corrected chi connectivity index (χ3v) is 2.77. The Morgan fingerprint density at radius 2 is 2.00 bits per heavy atom. The minimum Gasteiger partial charge on any atom is -0.478 e. The molecule has 0 aliphatic carbocycles. The van der Waals surface area contributed by atoms with Crippen molar-refractivity contribution in [2.24, 2.45) is 0 Å². The van der Waals surface area contributed by atoms with Crippen molar-refractivity contribution in [2.45, 2.75) is 0 Å². The van der Waals surface area contributed by atoms with E-state index in [1.807, 2.05) is 0 Å². The molecule has 0 radical (unpaired) electrons. The Bertz CT molecular complexity index is 777. The molecule has 1 heterocycles. The highest BCUT2D eigenvalue weighted by atomic mass is 16.4. The molecular weight excluding hydrogens is 282 g/mol. The Kier molecular flexibility index (Phi) is 4.63. The summed E-state index contributed by atoms with van der Waals surface area (Å²) in [6.45, 7) is 0. The molecule has 0 saturated carbocycles. The van der Waals surface area contributed by atoms with Gasteiger partial charge in [-0.1, -0.05) is 18.2 Å². The number of anilines is 1. The van der Waals surface area contributed by atoms with Crippen LogP contribution < -0.4 is 5.32 Å². The summed E-state index contributed by atoms with van der Waals surface area (Å²) in [6, 6.07) is 11.1. The normalized spacial score (nSPS) is 10.6. The van der Waals surface area contributed by atoms with E-state index in [0.717, 1.165) is 0 Å². The van der Waals surface area contributed by atoms with E-state index < -0.39 is 11.9 Å². The number of nitrogens with one attached hydrogen (secondary N) is 1. The zero-order valence-electron chi connectivity index (χ0n) is 11.4. The highest BCUT2D eigenvalue weighted by Crippen LogP contribution is 2.16. The van der Waals surface area contributed by atoms with Gasteiger partial charge in [-0.3, -0.25) is 9.78 Å². The minimum absolute atomic E-state index is 0.0467. The third-order valence-electron chi connectivity index (χ3n) is 2.77. The van der Waals surface area contributed by atoms with Gasteiger partial charge in [0.15, 0.2) is 0 Å². The number of hydrogen-bond acceptors (Lipinski definition) is 4. The lowest BCUT2D eigenvalue weighted by atomic mass is 10.1. The number of benzene rings is 1. The van der Waals surface area contributed by atoms with Gasteiger partial charge in [0.25, 0.3) is 5.91 Å². The van der Waals surface area contributed by atoms with E-state index in [4.69, 9.17) is 10.4 Å². The topological polar surface area (TPSA) is 103 Å². The summed E-state index contributed by atoms with van der Waals surface area (Å²) in [5.74, 6) is -1.84. The van der Waals surface area contributed by atoms with Crippen molar-refractivity contribution in [2.75, 3.05) is 5.32 Å². The van der Waals surface area contributed by atoms with Crippen molar-refractivity contribution in [1.29, 1.82) is 5.26 Å². The monoisotopic (exact) mass is 293 g/mol. The number of pyridine rings is 1. The van der Waals surface area contributed by atoms with Gasteiger partial charge in [-0.15, -0.1) is 0 Å². The predicted molar refractivity (Wildman–Crippen MR) is 79.9 cm³/mol. The van der Waals surface area contributed by atoms with E-state index in [-0.39, 0.29) is 16.8 Å². The quantitative estimate of drug-likeness (QED) is 0.665. The molecule has 0 aliphatic rings. The number of aromatic carboxylic acids is 1. The maximum Gasteiger partial charge on any atom is 0.337 e. The van der Waals surface area contributed by atoms with E-state index >= 15 is 0 Å². The Labute approximate surface area is 126 Å². The second kappa shape index (κ2) is 6.81. The zero-order valence-corrected chi connectivity index (χ0v) is 11.4. The van der Waals surface area contributed by atoms with Crippen molar-refractivity contribution in [3.05, 3.63) is 65.5 Å². The molecule has 6 heteroatoms. The molecule has 0 saturated heterocycles. The maximum absolute atomic E-state index is 12.1. The van der Waals surface area contributed by atoms with Gasteiger partial charge in [-0.05, 0) is 29.8 Å². The van der Waals surface area contributed by atoms with Gasteiger partial charge in [0.05, 0.1) is 11.3 Å². The molecule has 1 aromatic heterocycles. The minimum atomic E-state index is -1.16. The van der Waals surface area contributed by atoms with E-state index in [1.165, 1.54) is 24.4 Å². The number of aromatic nitrogens is 1. The van der Waals surface area contributed by atoms with Gasteiger partial charge < -0.3 is 10.4 Å². The maximum atomic E-state index is 12.1. The third kappa shape index (κ3) is 3.55. The van der Waals surface area contributed by atoms with Crippen molar-refractivity contribution in [3.63, 3.8) is 0 Å². The van der Waals surface area contributed by atoms with Crippen LogP contribution in [0.5, 0.6) is 0 Å². The highest BCUT2D eigenvalue weighted by molar-refractivity contribution is 6.11. The fraction of sp³-hybridized carbons (Fsp3) is 0. The predicted octanol–water partition coefficient (Wildman–Crippen LogP) is 2.33. The average molecular weight is 293 g/mol. The first-order chi connectivity index (χ1) is 10.6. The number of nitrogens with zero attached hydrogens (tertiary/aromatic N) is 2. The molecule has 0 aliphatic heterocycles. The van der Waals surface area contributed by atoms with Gasteiger partial charge >= 0.3 is 5.97 Å². The molecule has 1 aromatic carbocycles. The SMILES string of the molecule is N#C/C(=C/c1cccnc1)C(=O)Nc1ccccc1C(=O)O. The van der Waals surface area contributed by atoms with Gasteiger partial charge in [0.2, 0.25) is 0 Å². The van der Waals surface area contributed by atoms with Crippen LogP contribution in [0, 0.1) is 11.3 Å². The molecule has 0 unspecified atom stereocenters. The van der Waals surface area contributed by atoms with Gasteiger partial charge in [0.1, 0.15) is 11.6 Å². The largest absolute Gasteiger partial charge is 0.478 e. The average Bonchev–Trinajstić information content (AvgIpc) is 2.53. The molecular formula is C16H11N3O3. The fourth-order valence-electron chi connectivity index (χ4n) is 1.74. The molecule has 1 amide bonds. The number of rotatable bonds is 4. The van der Waals surface area contributed by atoms with Crippen LogP contribution in [0.1, 0.15) is 15.9 Å². The summed E-state index contributed by atoms with van der Waals surface area (Å²) in [5, 5.41) is 20.6. The van der Waals surface area contributed by atoms with E-state index in [9.17, 15) is 9.59 Å². The summed E-state index contributed by atoms with van der Waals surface area (Å²) in [7, 11) is 0. The van der Waals surface area contributed by atoms with Crippen molar-refractivity contribution in [3.8, 4) is 6.07 Å².